The van der Waals surface area contributed by atoms with Gasteiger partial charge in [0.1, 0.15) is 11.6 Å². The number of carbonyl (C=O) groups excluding carboxylic acids is 1. The highest BCUT2D eigenvalue weighted by molar-refractivity contribution is 7.98. The van der Waals surface area contributed by atoms with Gasteiger partial charge in [0.15, 0.2) is 0 Å². The summed E-state index contributed by atoms with van der Waals surface area (Å²) in [7, 11) is 1.63. The van der Waals surface area contributed by atoms with Gasteiger partial charge in [-0.2, -0.15) is 16.9 Å². The van der Waals surface area contributed by atoms with E-state index in [1.165, 1.54) is 0 Å². The van der Waals surface area contributed by atoms with Crippen LogP contribution >= 0.6 is 11.8 Å². The van der Waals surface area contributed by atoms with Crippen molar-refractivity contribution in [2.75, 3.05) is 12.4 Å². The normalized spacial score (nSPS) is 13.7. The van der Waals surface area contributed by atoms with Crippen molar-refractivity contribution in [2.45, 2.75) is 44.2 Å². The Kier molecular flexibility index (Phi) is 4.58. The molecule has 5 nitrogen and oxygen atoms in total. The molecule has 1 aliphatic rings. The molecule has 1 aliphatic heterocycles. The number of fused-ring (bicyclic) bond motifs is 1. The Balaban J connectivity index is 1.78. The standard InChI is InChI=1S/C18H23N3O2S/c1-18(2,3)21-17(14-10-24-11-15(14)20-21)19-16(22)9-12-5-7-13(23-4)8-6-12/h5-8H,9-11H2,1-4H3,(H,19,22). The van der Waals surface area contributed by atoms with Crippen LogP contribution in [0.5, 0.6) is 5.75 Å². The minimum atomic E-state index is -0.169. The Morgan fingerprint density at radius 3 is 2.62 bits per heavy atom. The van der Waals surface area contributed by atoms with Gasteiger partial charge in [-0.3, -0.25) is 4.79 Å². The van der Waals surface area contributed by atoms with Gasteiger partial charge in [0.25, 0.3) is 0 Å². The Morgan fingerprint density at radius 1 is 1.29 bits per heavy atom. The number of hydrogen-bond acceptors (Lipinski definition) is 4. The van der Waals surface area contributed by atoms with Crippen LogP contribution in [-0.4, -0.2) is 22.8 Å². The van der Waals surface area contributed by atoms with E-state index in [-0.39, 0.29) is 11.4 Å². The first-order valence-corrected chi connectivity index (χ1v) is 9.15. The maximum absolute atomic E-state index is 12.5. The van der Waals surface area contributed by atoms with Crippen molar-refractivity contribution >= 4 is 23.5 Å². The molecular formula is C18H23N3O2S. The lowest BCUT2D eigenvalue weighted by molar-refractivity contribution is -0.115. The summed E-state index contributed by atoms with van der Waals surface area (Å²) < 4.78 is 7.10. The Bertz CT molecular complexity index is 745. The third-order valence-electron chi connectivity index (χ3n) is 3.97. The second-order valence-corrected chi connectivity index (χ2v) is 7.91. The Morgan fingerprint density at radius 2 is 2.00 bits per heavy atom. The van der Waals surface area contributed by atoms with Gasteiger partial charge in [-0.05, 0) is 38.5 Å². The highest BCUT2D eigenvalue weighted by Crippen LogP contribution is 2.37. The van der Waals surface area contributed by atoms with Gasteiger partial charge in [0, 0.05) is 17.1 Å². The molecule has 128 valence electrons. The second-order valence-electron chi connectivity index (χ2n) is 6.92. The Hall–Kier alpha value is -1.95. The van der Waals surface area contributed by atoms with E-state index in [2.05, 4.69) is 26.1 Å². The minimum absolute atomic E-state index is 0.0229. The van der Waals surface area contributed by atoms with Crippen LogP contribution in [0.1, 0.15) is 37.6 Å². The number of aromatic nitrogens is 2. The summed E-state index contributed by atoms with van der Waals surface area (Å²) in [5.41, 5.74) is 3.05. The fourth-order valence-electron chi connectivity index (χ4n) is 2.73. The van der Waals surface area contributed by atoms with Crippen LogP contribution < -0.4 is 10.1 Å². The van der Waals surface area contributed by atoms with Crippen molar-refractivity contribution in [1.29, 1.82) is 0 Å². The molecule has 0 spiro atoms. The molecule has 1 N–H and O–H groups in total. The zero-order valence-electron chi connectivity index (χ0n) is 14.5. The molecule has 3 rings (SSSR count). The number of amides is 1. The number of thioether (sulfide) groups is 1. The molecule has 2 aromatic rings. The van der Waals surface area contributed by atoms with Crippen LogP contribution in [0, 0.1) is 0 Å². The number of nitrogens with one attached hydrogen (secondary N) is 1. The number of rotatable bonds is 4. The van der Waals surface area contributed by atoms with Crippen LogP contribution in [0.2, 0.25) is 0 Å². The highest BCUT2D eigenvalue weighted by Gasteiger charge is 2.28. The summed E-state index contributed by atoms with van der Waals surface area (Å²) in [4.78, 5) is 12.5. The third kappa shape index (κ3) is 3.43. The molecule has 0 saturated carbocycles. The van der Waals surface area contributed by atoms with Crippen LogP contribution in [0.25, 0.3) is 0 Å². The van der Waals surface area contributed by atoms with E-state index in [0.29, 0.717) is 6.42 Å². The van der Waals surface area contributed by atoms with Crippen LogP contribution in [0.3, 0.4) is 0 Å². The molecule has 1 aromatic carbocycles. The molecule has 0 saturated heterocycles. The van der Waals surface area contributed by atoms with E-state index in [0.717, 1.165) is 39.9 Å². The van der Waals surface area contributed by atoms with Gasteiger partial charge in [-0.15, -0.1) is 0 Å². The van der Waals surface area contributed by atoms with Crippen LogP contribution in [0.4, 0.5) is 5.82 Å². The van der Waals surface area contributed by atoms with Gasteiger partial charge in [-0.1, -0.05) is 12.1 Å². The number of ether oxygens (including phenoxy) is 1. The fraction of sp³-hybridized carbons (Fsp3) is 0.444. The average molecular weight is 345 g/mol. The molecule has 1 amide bonds. The summed E-state index contributed by atoms with van der Waals surface area (Å²) in [6.07, 6.45) is 0.335. The van der Waals surface area contributed by atoms with Gasteiger partial charge < -0.3 is 10.1 Å². The van der Waals surface area contributed by atoms with Gasteiger partial charge >= 0.3 is 0 Å². The molecule has 2 heterocycles. The van der Waals surface area contributed by atoms with E-state index < -0.39 is 0 Å². The predicted molar refractivity (Wildman–Crippen MR) is 97.5 cm³/mol. The monoisotopic (exact) mass is 345 g/mol. The van der Waals surface area contributed by atoms with Crippen molar-refractivity contribution in [3.63, 3.8) is 0 Å². The number of methoxy groups -OCH3 is 1. The SMILES string of the molecule is COc1ccc(CC(=O)Nc2c3c(nn2C(C)(C)C)CSC3)cc1. The van der Waals surface area contributed by atoms with Gasteiger partial charge in [-0.25, -0.2) is 4.68 Å². The van der Waals surface area contributed by atoms with E-state index in [9.17, 15) is 4.79 Å². The second kappa shape index (κ2) is 6.51. The maximum atomic E-state index is 12.5. The minimum Gasteiger partial charge on any atom is -0.497 e. The van der Waals surface area contributed by atoms with E-state index >= 15 is 0 Å². The number of benzene rings is 1. The van der Waals surface area contributed by atoms with E-state index in [4.69, 9.17) is 9.84 Å². The topological polar surface area (TPSA) is 56.1 Å². The summed E-state index contributed by atoms with van der Waals surface area (Å²) in [6, 6.07) is 7.58. The molecule has 0 unspecified atom stereocenters. The summed E-state index contributed by atoms with van der Waals surface area (Å²) >= 11 is 1.84. The maximum Gasteiger partial charge on any atom is 0.229 e. The lowest BCUT2D eigenvalue weighted by Gasteiger charge is -2.23. The van der Waals surface area contributed by atoms with Crippen molar-refractivity contribution in [1.82, 2.24) is 9.78 Å². The molecule has 0 radical (unpaired) electrons. The van der Waals surface area contributed by atoms with E-state index in [1.54, 1.807) is 7.11 Å². The first-order chi connectivity index (χ1) is 11.4. The summed E-state index contributed by atoms with van der Waals surface area (Å²) in [5.74, 6) is 3.44. The predicted octanol–water partition coefficient (Wildman–Crippen LogP) is 3.57. The molecule has 0 aliphatic carbocycles. The molecular weight excluding hydrogens is 322 g/mol. The first kappa shape index (κ1) is 16.9. The fourth-order valence-corrected chi connectivity index (χ4v) is 3.77. The first-order valence-electron chi connectivity index (χ1n) is 8.00. The number of nitrogens with zero attached hydrogens (tertiary/aromatic N) is 2. The number of anilines is 1. The van der Waals surface area contributed by atoms with Crippen molar-refractivity contribution in [2.24, 2.45) is 0 Å². The number of hydrogen-bond donors (Lipinski definition) is 1. The molecule has 24 heavy (non-hydrogen) atoms. The molecule has 0 atom stereocenters. The molecule has 6 heteroatoms. The molecule has 0 fully saturated rings. The van der Waals surface area contributed by atoms with Crippen LogP contribution in [-0.2, 0) is 28.3 Å². The van der Waals surface area contributed by atoms with E-state index in [1.807, 2.05) is 40.7 Å². The van der Waals surface area contributed by atoms with Crippen LogP contribution in [0.15, 0.2) is 24.3 Å². The van der Waals surface area contributed by atoms with Gasteiger partial charge in [0.05, 0.1) is 24.8 Å². The average Bonchev–Trinajstić information content (AvgIpc) is 3.10. The van der Waals surface area contributed by atoms with Crippen molar-refractivity contribution < 1.29 is 9.53 Å². The lowest BCUT2D eigenvalue weighted by Crippen LogP contribution is -2.27. The Labute approximate surface area is 146 Å². The van der Waals surface area contributed by atoms with Crippen molar-refractivity contribution in [3.8, 4) is 5.75 Å². The smallest absolute Gasteiger partial charge is 0.229 e. The summed E-state index contributed by atoms with van der Waals surface area (Å²) in [5, 5.41) is 7.80. The third-order valence-corrected chi connectivity index (χ3v) is 4.94. The van der Waals surface area contributed by atoms with Gasteiger partial charge in [0.2, 0.25) is 5.91 Å². The quantitative estimate of drug-likeness (QED) is 0.920. The molecule has 0 bridgehead atoms. The highest BCUT2D eigenvalue weighted by atomic mass is 32.2. The van der Waals surface area contributed by atoms with Crippen molar-refractivity contribution in [3.05, 3.63) is 41.1 Å². The zero-order chi connectivity index (χ0) is 17.3. The number of carbonyl (C=O) groups is 1. The largest absolute Gasteiger partial charge is 0.497 e. The molecule has 1 aromatic heterocycles. The lowest BCUT2D eigenvalue weighted by atomic mass is 10.1. The zero-order valence-corrected chi connectivity index (χ0v) is 15.4. The summed E-state index contributed by atoms with van der Waals surface area (Å²) in [6.45, 7) is 6.30.